The molecule has 0 saturated carbocycles. The fraction of sp³-hybridized carbons (Fsp3) is 0.455. The molecule has 0 fully saturated rings. The molecule has 0 radical (unpaired) electrons. The summed E-state index contributed by atoms with van der Waals surface area (Å²) in [4.78, 5) is 0. The Hall–Kier alpha value is -0.130. The van der Waals surface area contributed by atoms with E-state index in [1.54, 1.807) is 6.92 Å². The van der Waals surface area contributed by atoms with Crippen LogP contribution < -0.4 is 5.32 Å². The Kier molecular flexibility index (Phi) is 4.84. The van der Waals surface area contributed by atoms with Gasteiger partial charge in [0.15, 0.2) is 0 Å². The molecule has 0 spiro atoms. The smallest absolute Gasteiger partial charge is 0.0636 e. The van der Waals surface area contributed by atoms with Crippen LogP contribution in [0.4, 0.5) is 0 Å². The van der Waals surface area contributed by atoms with Crippen molar-refractivity contribution in [1.82, 2.24) is 5.32 Å². The third-order valence-electron chi connectivity index (χ3n) is 2.09. The van der Waals surface area contributed by atoms with E-state index in [1.807, 2.05) is 0 Å². The second kappa shape index (κ2) is 5.68. The number of rotatable bonds is 4. The molecule has 14 heavy (non-hydrogen) atoms. The third kappa shape index (κ3) is 3.94. The van der Waals surface area contributed by atoms with Crippen LogP contribution in [-0.2, 0) is 0 Å². The Bertz CT molecular complexity index is 271. The number of hydrogen-bond acceptors (Lipinski definition) is 2. The van der Waals surface area contributed by atoms with Crippen LogP contribution in [0.15, 0.2) is 24.3 Å². The summed E-state index contributed by atoms with van der Waals surface area (Å²) < 4.78 is 1.24. The predicted molar refractivity (Wildman–Crippen MR) is 67.3 cm³/mol. The van der Waals surface area contributed by atoms with E-state index < -0.39 is 0 Å². The van der Waals surface area contributed by atoms with E-state index in [9.17, 15) is 0 Å². The van der Waals surface area contributed by atoms with Gasteiger partial charge in [0.2, 0.25) is 0 Å². The second-order valence-corrected chi connectivity index (χ2v) is 4.78. The zero-order valence-electron chi connectivity index (χ0n) is 8.50. The molecule has 0 saturated heterocycles. The van der Waals surface area contributed by atoms with Gasteiger partial charge in [-0.05, 0) is 54.1 Å². The van der Waals surface area contributed by atoms with Crippen molar-refractivity contribution in [2.75, 3.05) is 6.54 Å². The maximum Gasteiger partial charge on any atom is 0.0636 e. The molecule has 0 aliphatic heterocycles. The molecule has 1 aromatic rings. The molecule has 1 aromatic carbocycles. The fourth-order valence-electron chi connectivity index (χ4n) is 1.22. The van der Waals surface area contributed by atoms with Gasteiger partial charge in [-0.1, -0.05) is 12.1 Å². The number of benzene rings is 1. The molecule has 78 valence electrons. The average Bonchev–Trinajstić information content (AvgIpc) is 2.15. The normalized spacial score (nSPS) is 15.1. The summed E-state index contributed by atoms with van der Waals surface area (Å²) in [6, 6.07) is 8.71. The molecule has 3 heteroatoms. The predicted octanol–water partition coefficient (Wildman–Crippen LogP) is 2.32. The number of hydrogen-bond donors (Lipinski definition) is 2. The zero-order valence-corrected chi connectivity index (χ0v) is 10.7. The lowest BCUT2D eigenvalue weighted by Crippen LogP contribution is -2.27. The molecule has 0 bridgehead atoms. The average molecular weight is 305 g/mol. The molecule has 0 aliphatic carbocycles. The van der Waals surface area contributed by atoms with E-state index in [1.165, 1.54) is 9.13 Å². The maximum atomic E-state index is 9.13. The van der Waals surface area contributed by atoms with Crippen molar-refractivity contribution in [1.29, 1.82) is 0 Å². The molecular weight excluding hydrogens is 289 g/mol. The lowest BCUT2D eigenvalue weighted by atomic mass is 10.1. The monoisotopic (exact) mass is 305 g/mol. The molecular formula is C11H16INO. The van der Waals surface area contributed by atoms with Crippen molar-refractivity contribution in [2.24, 2.45) is 0 Å². The first-order valence-corrected chi connectivity index (χ1v) is 5.84. The van der Waals surface area contributed by atoms with Gasteiger partial charge in [-0.15, -0.1) is 0 Å². The van der Waals surface area contributed by atoms with Crippen LogP contribution in [0.1, 0.15) is 25.5 Å². The maximum absolute atomic E-state index is 9.13. The van der Waals surface area contributed by atoms with Crippen molar-refractivity contribution in [3.63, 3.8) is 0 Å². The highest BCUT2D eigenvalue weighted by Crippen LogP contribution is 2.14. The van der Waals surface area contributed by atoms with Crippen LogP contribution in [0.5, 0.6) is 0 Å². The first-order valence-electron chi connectivity index (χ1n) is 4.76. The van der Waals surface area contributed by atoms with Gasteiger partial charge in [-0.2, -0.15) is 0 Å². The van der Waals surface area contributed by atoms with Crippen molar-refractivity contribution < 1.29 is 5.11 Å². The third-order valence-corrected chi connectivity index (χ3v) is 2.81. The molecule has 0 aliphatic rings. The quantitative estimate of drug-likeness (QED) is 0.837. The number of aliphatic hydroxyl groups excluding tert-OH is 1. The van der Waals surface area contributed by atoms with Crippen molar-refractivity contribution >= 4 is 22.6 Å². The van der Waals surface area contributed by atoms with E-state index in [4.69, 9.17) is 5.11 Å². The molecule has 0 aromatic heterocycles. The summed E-state index contributed by atoms with van der Waals surface area (Å²) in [6.45, 7) is 4.52. The van der Waals surface area contributed by atoms with Gasteiger partial charge in [-0.3, -0.25) is 0 Å². The SMILES string of the molecule is C[C@H](O)CN[C@@H](C)c1ccc(I)cc1. The van der Waals surface area contributed by atoms with E-state index in [-0.39, 0.29) is 6.10 Å². The van der Waals surface area contributed by atoms with Crippen LogP contribution in [0.2, 0.25) is 0 Å². The minimum Gasteiger partial charge on any atom is -0.392 e. The standard InChI is InChI=1S/C11H16INO/c1-8(14)7-13-9(2)10-3-5-11(12)6-4-10/h3-6,8-9,13-14H,7H2,1-2H3/t8-,9-/m0/s1. The van der Waals surface area contributed by atoms with E-state index in [0.717, 1.165) is 0 Å². The topological polar surface area (TPSA) is 32.3 Å². The van der Waals surface area contributed by atoms with Crippen LogP contribution in [0.25, 0.3) is 0 Å². The summed E-state index contributed by atoms with van der Waals surface area (Å²) in [6.07, 6.45) is -0.290. The van der Waals surface area contributed by atoms with Crippen LogP contribution in [0.3, 0.4) is 0 Å². The summed E-state index contributed by atoms with van der Waals surface area (Å²) in [7, 11) is 0. The molecule has 0 amide bonds. The van der Waals surface area contributed by atoms with Crippen molar-refractivity contribution in [3.05, 3.63) is 33.4 Å². The Labute approximate surface area is 98.9 Å². The van der Waals surface area contributed by atoms with Gasteiger partial charge in [0.25, 0.3) is 0 Å². The van der Waals surface area contributed by atoms with E-state index >= 15 is 0 Å². The molecule has 2 N–H and O–H groups in total. The van der Waals surface area contributed by atoms with Gasteiger partial charge in [-0.25, -0.2) is 0 Å². The highest BCUT2D eigenvalue weighted by molar-refractivity contribution is 14.1. The number of nitrogens with one attached hydrogen (secondary N) is 1. The summed E-state index contributed by atoms with van der Waals surface area (Å²) in [5.41, 5.74) is 1.26. The van der Waals surface area contributed by atoms with Gasteiger partial charge in [0.05, 0.1) is 6.10 Å². The Morgan fingerprint density at radius 3 is 2.36 bits per heavy atom. The highest BCUT2D eigenvalue weighted by Gasteiger charge is 2.05. The second-order valence-electron chi connectivity index (χ2n) is 3.53. The van der Waals surface area contributed by atoms with Gasteiger partial charge >= 0.3 is 0 Å². The first-order chi connectivity index (χ1) is 6.59. The van der Waals surface area contributed by atoms with Gasteiger partial charge in [0, 0.05) is 16.2 Å². The van der Waals surface area contributed by atoms with Gasteiger partial charge < -0.3 is 10.4 Å². The Balaban J connectivity index is 2.52. The molecule has 1 rings (SSSR count). The largest absolute Gasteiger partial charge is 0.392 e. The van der Waals surface area contributed by atoms with E-state index in [2.05, 4.69) is 59.1 Å². The Morgan fingerprint density at radius 2 is 1.86 bits per heavy atom. The minimum absolute atomic E-state index is 0.290. The van der Waals surface area contributed by atoms with Crippen LogP contribution >= 0.6 is 22.6 Å². The molecule has 0 heterocycles. The number of halogens is 1. The van der Waals surface area contributed by atoms with Crippen molar-refractivity contribution in [3.8, 4) is 0 Å². The summed E-state index contributed by atoms with van der Waals surface area (Å²) >= 11 is 2.29. The van der Waals surface area contributed by atoms with Crippen LogP contribution in [0, 0.1) is 3.57 Å². The minimum atomic E-state index is -0.290. The summed E-state index contributed by atoms with van der Waals surface area (Å²) in [5.74, 6) is 0. The Morgan fingerprint density at radius 1 is 1.29 bits per heavy atom. The fourth-order valence-corrected chi connectivity index (χ4v) is 1.58. The van der Waals surface area contributed by atoms with E-state index in [0.29, 0.717) is 12.6 Å². The zero-order chi connectivity index (χ0) is 10.6. The molecule has 2 nitrogen and oxygen atoms in total. The molecule has 2 atom stereocenters. The number of aliphatic hydroxyl groups is 1. The first kappa shape index (κ1) is 11.9. The lowest BCUT2D eigenvalue weighted by molar-refractivity contribution is 0.187. The lowest BCUT2D eigenvalue weighted by Gasteiger charge is -2.15. The highest BCUT2D eigenvalue weighted by atomic mass is 127. The van der Waals surface area contributed by atoms with Crippen LogP contribution in [-0.4, -0.2) is 17.8 Å². The molecule has 0 unspecified atom stereocenters. The summed E-state index contributed by atoms with van der Waals surface area (Å²) in [5, 5.41) is 12.4. The van der Waals surface area contributed by atoms with Gasteiger partial charge in [0.1, 0.15) is 0 Å². The van der Waals surface area contributed by atoms with Crippen molar-refractivity contribution in [2.45, 2.75) is 26.0 Å².